The van der Waals surface area contributed by atoms with E-state index in [-0.39, 0.29) is 35.9 Å². The second-order valence-corrected chi connectivity index (χ2v) is 7.31. The monoisotopic (exact) mass is 383 g/mol. The molecule has 1 N–H and O–H groups in total. The lowest BCUT2D eigenvalue weighted by atomic mass is 10.1. The lowest BCUT2D eigenvalue weighted by Gasteiger charge is -2.37. The van der Waals surface area contributed by atoms with Crippen molar-refractivity contribution in [2.75, 3.05) is 13.1 Å². The average Bonchev–Trinajstić information content (AvgIpc) is 2.48. The Morgan fingerprint density at radius 1 is 1.33 bits per heavy atom. The van der Waals surface area contributed by atoms with Gasteiger partial charge in [-0.3, -0.25) is 0 Å². The molecule has 0 spiro atoms. The van der Waals surface area contributed by atoms with E-state index in [1.54, 1.807) is 6.92 Å². The molecule has 0 amide bonds. The third-order valence-corrected chi connectivity index (χ3v) is 5.98. The van der Waals surface area contributed by atoms with Crippen LogP contribution >= 0.6 is 12.4 Å². The molecule has 24 heavy (non-hydrogen) atoms. The number of alkyl halides is 3. The van der Waals surface area contributed by atoms with Gasteiger partial charge in [-0.1, -0.05) is 0 Å². The van der Waals surface area contributed by atoms with E-state index in [9.17, 15) is 21.6 Å². The highest BCUT2D eigenvalue weighted by atomic mass is 35.5. The van der Waals surface area contributed by atoms with Gasteiger partial charge >= 0.3 is 6.18 Å². The number of rotatable bonds is 2. The molecule has 2 rings (SSSR count). The number of halogens is 4. The van der Waals surface area contributed by atoms with Gasteiger partial charge in [-0.05, 0) is 32.0 Å². The minimum absolute atomic E-state index is 0. The van der Waals surface area contributed by atoms with Crippen LogP contribution < -0.4 is 5.32 Å². The number of benzene rings is 1. The number of piperazine rings is 1. The minimum atomic E-state index is -4.70. The summed E-state index contributed by atoms with van der Waals surface area (Å²) in [5.41, 5.74) is -1.84. The van der Waals surface area contributed by atoms with Crippen molar-refractivity contribution in [1.29, 1.82) is 5.26 Å². The predicted molar refractivity (Wildman–Crippen MR) is 84.2 cm³/mol. The Morgan fingerprint density at radius 3 is 2.50 bits per heavy atom. The van der Waals surface area contributed by atoms with Crippen molar-refractivity contribution in [2.24, 2.45) is 0 Å². The maximum atomic E-state index is 12.8. The van der Waals surface area contributed by atoms with Crippen molar-refractivity contribution in [3.8, 4) is 6.07 Å². The van der Waals surface area contributed by atoms with Gasteiger partial charge in [-0.25, -0.2) is 8.42 Å². The van der Waals surface area contributed by atoms with E-state index >= 15 is 0 Å². The molecule has 1 aromatic rings. The van der Waals surface area contributed by atoms with Gasteiger partial charge in [0, 0.05) is 25.2 Å². The zero-order valence-corrected chi connectivity index (χ0v) is 14.6. The molecule has 0 aromatic heterocycles. The fraction of sp³-hybridized carbons (Fsp3) is 0.500. The maximum Gasteiger partial charge on any atom is 0.417 e. The quantitative estimate of drug-likeness (QED) is 0.851. The molecular weight excluding hydrogens is 367 g/mol. The van der Waals surface area contributed by atoms with Crippen LogP contribution in [0.15, 0.2) is 23.1 Å². The van der Waals surface area contributed by atoms with Gasteiger partial charge in [0.05, 0.1) is 22.1 Å². The van der Waals surface area contributed by atoms with Crippen molar-refractivity contribution < 1.29 is 21.6 Å². The first-order valence-electron chi connectivity index (χ1n) is 6.95. The molecule has 0 aliphatic carbocycles. The molecule has 1 fully saturated rings. The normalized spacial score (nSPS) is 22.5. The van der Waals surface area contributed by atoms with E-state index in [0.29, 0.717) is 12.6 Å². The highest BCUT2D eigenvalue weighted by Crippen LogP contribution is 2.33. The van der Waals surface area contributed by atoms with Gasteiger partial charge in [0.25, 0.3) is 0 Å². The first-order valence-corrected chi connectivity index (χ1v) is 8.39. The number of nitrogens with one attached hydrogen (secondary N) is 1. The molecule has 0 radical (unpaired) electrons. The molecule has 134 valence electrons. The highest BCUT2D eigenvalue weighted by molar-refractivity contribution is 7.89. The van der Waals surface area contributed by atoms with Gasteiger partial charge in [0.1, 0.15) is 0 Å². The third-order valence-electron chi connectivity index (χ3n) is 4.00. The Kier molecular flexibility index (Phi) is 6.27. The second kappa shape index (κ2) is 7.27. The Labute approximate surface area is 144 Å². The first kappa shape index (κ1) is 20.7. The van der Waals surface area contributed by atoms with E-state index in [1.165, 1.54) is 10.4 Å². The second-order valence-electron chi connectivity index (χ2n) is 5.42. The summed E-state index contributed by atoms with van der Waals surface area (Å²) in [6, 6.07) is 3.33. The van der Waals surface area contributed by atoms with Gasteiger partial charge in [0.2, 0.25) is 10.0 Å². The van der Waals surface area contributed by atoms with Crippen LogP contribution in [0.25, 0.3) is 0 Å². The Hall–Kier alpha value is -1.34. The molecule has 1 aromatic carbocycles. The number of nitrogens with zero attached hydrogens (tertiary/aromatic N) is 2. The molecule has 2 unspecified atom stereocenters. The molecule has 0 saturated carbocycles. The Bertz CT molecular complexity index is 747. The van der Waals surface area contributed by atoms with E-state index in [4.69, 9.17) is 5.26 Å². The Balaban J connectivity index is 0.00000288. The van der Waals surface area contributed by atoms with E-state index in [2.05, 4.69) is 5.32 Å². The lowest BCUT2D eigenvalue weighted by molar-refractivity contribution is -0.137. The van der Waals surface area contributed by atoms with E-state index in [0.717, 1.165) is 12.1 Å². The summed E-state index contributed by atoms with van der Waals surface area (Å²) in [6.07, 6.45) is -4.70. The zero-order chi connectivity index (χ0) is 17.4. The number of hydrogen-bond acceptors (Lipinski definition) is 4. The molecule has 5 nitrogen and oxygen atoms in total. The minimum Gasteiger partial charge on any atom is -0.311 e. The summed E-state index contributed by atoms with van der Waals surface area (Å²) in [7, 11) is -3.96. The fourth-order valence-electron chi connectivity index (χ4n) is 2.52. The van der Waals surface area contributed by atoms with Gasteiger partial charge in [0.15, 0.2) is 0 Å². The topological polar surface area (TPSA) is 73.2 Å². The van der Waals surface area contributed by atoms with Crippen LogP contribution in [0.1, 0.15) is 25.0 Å². The Morgan fingerprint density at radius 2 is 1.96 bits per heavy atom. The van der Waals surface area contributed by atoms with Gasteiger partial charge in [-0.15, -0.1) is 12.4 Å². The smallest absolute Gasteiger partial charge is 0.311 e. The number of hydrogen-bond donors (Lipinski definition) is 1. The van der Waals surface area contributed by atoms with Crippen LogP contribution in [0, 0.1) is 11.3 Å². The summed E-state index contributed by atoms with van der Waals surface area (Å²) in [6.45, 7) is 4.23. The van der Waals surface area contributed by atoms with Crippen LogP contribution in [0.5, 0.6) is 0 Å². The van der Waals surface area contributed by atoms with Crippen LogP contribution in [0.3, 0.4) is 0 Å². The summed E-state index contributed by atoms with van der Waals surface area (Å²) in [5, 5.41) is 12.0. The van der Waals surface area contributed by atoms with E-state index in [1.807, 2.05) is 6.92 Å². The zero-order valence-electron chi connectivity index (χ0n) is 13.0. The lowest BCUT2D eigenvalue weighted by Crippen LogP contribution is -2.57. The average molecular weight is 384 g/mol. The molecule has 10 heteroatoms. The first-order chi connectivity index (χ1) is 10.6. The summed E-state index contributed by atoms with van der Waals surface area (Å²) in [4.78, 5) is -0.303. The maximum absolute atomic E-state index is 12.8. The molecule has 1 aliphatic rings. The van der Waals surface area contributed by atoms with Crippen LogP contribution in [0.2, 0.25) is 0 Å². The van der Waals surface area contributed by atoms with Crippen molar-refractivity contribution in [3.63, 3.8) is 0 Å². The third kappa shape index (κ3) is 3.83. The summed E-state index contributed by atoms with van der Waals surface area (Å²) in [5.74, 6) is 0. The number of nitriles is 1. The van der Waals surface area contributed by atoms with E-state index < -0.39 is 27.3 Å². The largest absolute Gasteiger partial charge is 0.417 e. The summed E-state index contributed by atoms with van der Waals surface area (Å²) >= 11 is 0. The highest BCUT2D eigenvalue weighted by Gasteiger charge is 2.37. The van der Waals surface area contributed by atoms with Gasteiger partial charge in [-0.2, -0.15) is 22.7 Å². The van der Waals surface area contributed by atoms with Gasteiger partial charge < -0.3 is 5.32 Å². The molecule has 2 atom stereocenters. The summed E-state index contributed by atoms with van der Waals surface area (Å²) < 4.78 is 65.0. The molecular formula is C14H17ClF3N3O2S. The van der Waals surface area contributed by atoms with Crippen molar-refractivity contribution in [2.45, 2.75) is 37.0 Å². The SMILES string of the molecule is CC1NCCN(S(=O)(=O)c2ccc(C(F)(F)F)c(C#N)c2)C1C.Cl. The van der Waals surface area contributed by atoms with Crippen LogP contribution in [0.4, 0.5) is 13.2 Å². The standard InChI is InChI=1S/C14H16F3N3O2S.ClH/c1-9-10(2)20(6-5-19-9)23(21,22)12-3-4-13(14(15,16)17)11(7-12)8-18;/h3-4,7,9-10,19H,5-6H2,1-2H3;1H. The van der Waals surface area contributed by atoms with Crippen molar-refractivity contribution >= 4 is 22.4 Å². The molecule has 1 saturated heterocycles. The molecule has 0 bridgehead atoms. The van der Waals surface area contributed by atoms with Crippen molar-refractivity contribution in [1.82, 2.24) is 9.62 Å². The number of sulfonamides is 1. The predicted octanol–water partition coefficient (Wildman–Crippen LogP) is 2.37. The molecule has 1 aliphatic heterocycles. The van der Waals surface area contributed by atoms with Crippen LogP contribution in [-0.4, -0.2) is 37.9 Å². The van der Waals surface area contributed by atoms with Crippen LogP contribution in [-0.2, 0) is 16.2 Å². The molecule has 1 heterocycles. The van der Waals surface area contributed by atoms with Crippen molar-refractivity contribution in [3.05, 3.63) is 29.3 Å². The fourth-order valence-corrected chi connectivity index (χ4v) is 4.25.